The number of methoxy groups -OCH3 is 2. The Bertz CT molecular complexity index is 1530. The molecule has 0 radical (unpaired) electrons. The van der Waals surface area contributed by atoms with Crippen molar-refractivity contribution in [2.24, 2.45) is 0 Å². The SMILES string of the molecule is COc1cccc(CN(C(=O)CN(c2ccc(OC)c(Cl)c2)S(C)(=O)=O)[C@H](Cc2ccccc2)C(=O)NC2CCCCC2)c1. The first-order valence-corrected chi connectivity index (χ1v) is 16.9. The second-order valence-electron chi connectivity index (χ2n) is 11.0. The summed E-state index contributed by atoms with van der Waals surface area (Å²) in [5.41, 5.74) is 1.82. The molecule has 0 heterocycles. The number of amides is 2. The van der Waals surface area contributed by atoms with Crippen LogP contribution in [0.3, 0.4) is 0 Å². The van der Waals surface area contributed by atoms with Gasteiger partial charge in [-0.1, -0.05) is 73.3 Å². The van der Waals surface area contributed by atoms with Crippen LogP contribution in [0.25, 0.3) is 0 Å². The van der Waals surface area contributed by atoms with Crippen molar-refractivity contribution in [3.63, 3.8) is 0 Å². The molecule has 0 bridgehead atoms. The fraction of sp³-hybridized carbons (Fsp3) is 0.394. The smallest absolute Gasteiger partial charge is 0.244 e. The number of nitrogens with zero attached hydrogens (tertiary/aromatic N) is 2. The molecule has 3 aromatic carbocycles. The van der Waals surface area contributed by atoms with E-state index in [0.29, 0.717) is 11.5 Å². The molecule has 236 valence electrons. The van der Waals surface area contributed by atoms with Crippen LogP contribution in [0.15, 0.2) is 72.8 Å². The minimum Gasteiger partial charge on any atom is -0.497 e. The molecule has 9 nitrogen and oxygen atoms in total. The highest BCUT2D eigenvalue weighted by atomic mass is 35.5. The molecule has 4 rings (SSSR count). The highest BCUT2D eigenvalue weighted by Crippen LogP contribution is 2.30. The van der Waals surface area contributed by atoms with Crippen LogP contribution < -0.4 is 19.1 Å². The van der Waals surface area contributed by atoms with E-state index < -0.39 is 28.5 Å². The van der Waals surface area contributed by atoms with Gasteiger partial charge in [0.15, 0.2) is 0 Å². The van der Waals surface area contributed by atoms with Crippen LogP contribution in [0.5, 0.6) is 11.5 Å². The molecule has 1 atom stereocenters. The van der Waals surface area contributed by atoms with Crippen molar-refractivity contribution in [2.45, 2.75) is 57.2 Å². The van der Waals surface area contributed by atoms with E-state index in [0.717, 1.165) is 53.8 Å². The third-order valence-corrected chi connectivity index (χ3v) is 9.25. The standard InChI is InChI=1S/C33H40ClN3O6S/c1-42-28-16-10-13-25(19-28)22-36(32(38)23-37(44(3,40)41)27-17-18-31(43-2)29(34)21-27)30(20-24-11-6-4-7-12-24)33(39)35-26-14-8-5-9-15-26/h4,6-7,10-13,16-19,21,26,30H,5,8-9,14-15,20,22-23H2,1-3H3,(H,35,39)/t30-/m1/s1. The number of ether oxygens (including phenoxy) is 2. The lowest BCUT2D eigenvalue weighted by atomic mass is 9.94. The summed E-state index contributed by atoms with van der Waals surface area (Å²) in [6.45, 7) is -0.472. The summed E-state index contributed by atoms with van der Waals surface area (Å²) >= 11 is 6.33. The molecule has 1 aliphatic rings. The predicted octanol–water partition coefficient (Wildman–Crippen LogP) is 5.21. The number of hydrogen-bond acceptors (Lipinski definition) is 6. The van der Waals surface area contributed by atoms with E-state index in [1.165, 1.54) is 24.1 Å². The Morgan fingerprint density at radius 2 is 1.64 bits per heavy atom. The highest BCUT2D eigenvalue weighted by Gasteiger charge is 2.34. The maximum Gasteiger partial charge on any atom is 0.244 e. The van der Waals surface area contributed by atoms with E-state index in [4.69, 9.17) is 21.1 Å². The number of sulfonamides is 1. The van der Waals surface area contributed by atoms with Crippen LogP contribution in [0, 0.1) is 0 Å². The van der Waals surface area contributed by atoms with Crippen LogP contribution in [0.2, 0.25) is 5.02 Å². The minimum atomic E-state index is -3.93. The second kappa shape index (κ2) is 15.3. The van der Waals surface area contributed by atoms with Crippen molar-refractivity contribution < 1.29 is 27.5 Å². The third kappa shape index (κ3) is 8.89. The van der Waals surface area contributed by atoms with Crippen molar-refractivity contribution in [1.29, 1.82) is 0 Å². The molecule has 1 N–H and O–H groups in total. The molecule has 0 aromatic heterocycles. The number of carbonyl (C=O) groups excluding carboxylic acids is 2. The summed E-state index contributed by atoms with van der Waals surface area (Å²) in [5.74, 6) is 0.171. The van der Waals surface area contributed by atoms with Crippen LogP contribution in [0.4, 0.5) is 5.69 Å². The number of halogens is 1. The van der Waals surface area contributed by atoms with Crippen molar-refractivity contribution >= 4 is 39.1 Å². The molecule has 11 heteroatoms. The van der Waals surface area contributed by atoms with Gasteiger partial charge in [-0.25, -0.2) is 8.42 Å². The number of hydrogen-bond donors (Lipinski definition) is 1. The first-order valence-electron chi connectivity index (χ1n) is 14.7. The Kier molecular flexibility index (Phi) is 11.5. The minimum absolute atomic E-state index is 0.0252. The molecule has 1 saturated carbocycles. The fourth-order valence-electron chi connectivity index (χ4n) is 5.49. The van der Waals surface area contributed by atoms with Crippen molar-refractivity contribution in [2.75, 3.05) is 31.3 Å². The number of nitrogens with one attached hydrogen (secondary N) is 1. The van der Waals surface area contributed by atoms with Gasteiger partial charge >= 0.3 is 0 Å². The second-order valence-corrected chi connectivity index (χ2v) is 13.3. The summed E-state index contributed by atoms with van der Waals surface area (Å²) in [6, 6.07) is 20.4. The van der Waals surface area contributed by atoms with Crippen molar-refractivity contribution in [1.82, 2.24) is 10.2 Å². The van der Waals surface area contributed by atoms with Gasteiger partial charge in [-0.15, -0.1) is 0 Å². The zero-order chi connectivity index (χ0) is 31.7. The van der Waals surface area contributed by atoms with Gasteiger partial charge in [0.1, 0.15) is 24.1 Å². The van der Waals surface area contributed by atoms with Gasteiger partial charge in [0.2, 0.25) is 21.8 Å². The fourth-order valence-corrected chi connectivity index (χ4v) is 6.58. The van der Waals surface area contributed by atoms with Crippen molar-refractivity contribution in [3.05, 3.63) is 88.9 Å². The van der Waals surface area contributed by atoms with Gasteiger partial charge in [0.05, 0.1) is 31.2 Å². The molecule has 2 amide bonds. The quantitative estimate of drug-likeness (QED) is 0.275. The van der Waals surface area contributed by atoms with Crippen LogP contribution in [-0.4, -0.2) is 64.2 Å². The monoisotopic (exact) mass is 641 g/mol. The first-order chi connectivity index (χ1) is 21.1. The summed E-state index contributed by atoms with van der Waals surface area (Å²) in [7, 11) is -0.912. The molecule has 1 fully saturated rings. The topological polar surface area (TPSA) is 105 Å². The Morgan fingerprint density at radius 1 is 0.932 bits per heavy atom. The Morgan fingerprint density at radius 3 is 2.27 bits per heavy atom. The highest BCUT2D eigenvalue weighted by molar-refractivity contribution is 7.92. The normalized spacial score (nSPS) is 14.4. The number of carbonyl (C=O) groups is 2. The maximum absolute atomic E-state index is 14.3. The molecular weight excluding hydrogens is 602 g/mol. The van der Waals surface area contributed by atoms with Gasteiger partial charge in [0, 0.05) is 19.0 Å². The van der Waals surface area contributed by atoms with Gasteiger partial charge in [-0.3, -0.25) is 13.9 Å². The molecule has 3 aromatic rings. The lowest BCUT2D eigenvalue weighted by Crippen LogP contribution is -2.55. The summed E-state index contributed by atoms with van der Waals surface area (Å²) < 4.78 is 37.7. The Balaban J connectivity index is 1.74. The summed E-state index contributed by atoms with van der Waals surface area (Å²) in [5, 5.41) is 3.40. The lowest BCUT2D eigenvalue weighted by molar-refractivity contribution is -0.140. The van der Waals surface area contributed by atoms with E-state index in [1.54, 1.807) is 25.3 Å². The molecule has 0 saturated heterocycles. The molecule has 1 aliphatic carbocycles. The average molecular weight is 642 g/mol. The van der Waals surface area contributed by atoms with Crippen LogP contribution in [-0.2, 0) is 32.6 Å². The number of benzene rings is 3. The average Bonchev–Trinajstić information content (AvgIpc) is 3.02. The van der Waals surface area contributed by atoms with Gasteiger partial charge in [-0.2, -0.15) is 0 Å². The van der Waals surface area contributed by atoms with E-state index in [2.05, 4.69) is 5.32 Å². The third-order valence-electron chi connectivity index (χ3n) is 7.81. The lowest BCUT2D eigenvalue weighted by Gasteiger charge is -2.35. The number of anilines is 1. The number of rotatable bonds is 13. The van der Waals surface area contributed by atoms with E-state index >= 15 is 0 Å². The zero-order valence-electron chi connectivity index (χ0n) is 25.4. The largest absolute Gasteiger partial charge is 0.497 e. The van der Waals surface area contributed by atoms with E-state index in [9.17, 15) is 18.0 Å². The summed E-state index contributed by atoms with van der Waals surface area (Å²) in [4.78, 5) is 29.8. The van der Waals surface area contributed by atoms with Gasteiger partial charge in [-0.05, 0) is 54.3 Å². The molecular formula is C33H40ClN3O6S. The first kappa shape index (κ1) is 33.1. The van der Waals surface area contributed by atoms with Gasteiger partial charge < -0.3 is 19.7 Å². The molecule has 0 spiro atoms. The molecule has 44 heavy (non-hydrogen) atoms. The van der Waals surface area contributed by atoms with E-state index in [1.807, 2.05) is 42.5 Å². The van der Waals surface area contributed by atoms with Crippen LogP contribution in [0.1, 0.15) is 43.2 Å². The Labute approximate surface area is 265 Å². The summed E-state index contributed by atoms with van der Waals surface area (Å²) in [6.07, 6.45) is 6.26. The van der Waals surface area contributed by atoms with Gasteiger partial charge in [0.25, 0.3) is 0 Å². The molecule has 0 unspecified atom stereocenters. The van der Waals surface area contributed by atoms with Crippen LogP contribution >= 0.6 is 11.6 Å². The van der Waals surface area contributed by atoms with Crippen molar-refractivity contribution in [3.8, 4) is 11.5 Å². The van der Waals surface area contributed by atoms with E-state index in [-0.39, 0.29) is 35.6 Å². The molecule has 0 aliphatic heterocycles. The predicted molar refractivity (Wildman–Crippen MR) is 173 cm³/mol. The Hall–Kier alpha value is -3.76. The zero-order valence-corrected chi connectivity index (χ0v) is 26.9. The maximum atomic E-state index is 14.3.